The molecule has 0 aliphatic rings. The van der Waals surface area contributed by atoms with Crippen LogP contribution in [0.3, 0.4) is 0 Å². The lowest BCUT2D eigenvalue weighted by Crippen LogP contribution is -2.34. The number of methoxy groups -OCH3 is 1. The lowest BCUT2D eigenvalue weighted by atomic mass is 10.2. The second-order valence-corrected chi connectivity index (χ2v) is 6.89. The molecule has 1 aromatic carbocycles. The Kier molecular flexibility index (Phi) is 6.10. The first-order chi connectivity index (χ1) is 12.2. The van der Waals surface area contributed by atoms with Gasteiger partial charge >= 0.3 is 5.97 Å². The van der Waals surface area contributed by atoms with Gasteiger partial charge in [0.1, 0.15) is 4.88 Å². The fourth-order valence-electron chi connectivity index (χ4n) is 2.41. The van der Waals surface area contributed by atoms with Gasteiger partial charge in [-0.15, -0.1) is 0 Å². The first kappa shape index (κ1) is 19.6. The Hall–Kier alpha value is -2.74. The summed E-state index contributed by atoms with van der Waals surface area (Å²) in [5, 5.41) is 3.27. The fraction of sp³-hybridized carbons (Fsp3) is 0.333. The monoisotopic (exact) mass is 375 g/mol. The first-order valence-corrected chi connectivity index (χ1v) is 8.83. The van der Waals surface area contributed by atoms with Crippen molar-refractivity contribution in [2.75, 3.05) is 17.3 Å². The van der Waals surface area contributed by atoms with Crippen molar-refractivity contribution in [3.63, 3.8) is 0 Å². The van der Waals surface area contributed by atoms with Crippen molar-refractivity contribution in [3.05, 3.63) is 40.4 Å². The molecule has 0 spiro atoms. The standard InChI is InChI=1S/C18H21N3O4S/c1-10(2)21(12(4)22)18-19-11(3)15(26-18)16(23)20-14-8-6-13(7-9-14)17(24)25-5/h6-10H,1-5H3,(H,20,23). The minimum atomic E-state index is -0.441. The molecule has 0 atom stereocenters. The summed E-state index contributed by atoms with van der Waals surface area (Å²) in [5.74, 6) is -0.882. The third-order valence-electron chi connectivity index (χ3n) is 3.62. The number of aryl methyl sites for hydroxylation is 1. The van der Waals surface area contributed by atoms with Crippen molar-refractivity contribution in [2.45, 2.75) is 33.7 Å². The van der Waals surface area contributed by atoms with Crippen LogP contribution in [0.4, 0.5) is 10.8 Å². The molecule has 0 saturated heterocycles. The van der Waals surface area contributed by atoms with Crippen LogP contribution in [0.15, 0.2) is 24.3 Å². The van der Waals surface area contributed by atoms with Crippen LogP contribution in [0.5, 0.6) is 0 Å². The smallest absolute Gasteiger partial charge is 0.337 e. The molecule has 0 saturated carbocycles. The Morgan fingerprint density at radius 2 is 1.81 bits per heavy atom. The van der Waals surface area contributed by atoms with Gasteiger partial charge in [-0.2, -0.15) is 0 Å². The molecule has 8 heteroatoms. The normalized spacial score (nSPS) is 10.5. The number of esters is 1. The highest BCUT2D eigenvalue weighted by Gasteiger charge is 2.23. The maximum atomic E-state index is 12.5. The van der Waals surface area contributed by atoms with E-state index in [1.54, 1.807) is 36.1 Å². The zero-order valence-electron chi connectivity index (χ0n) is 15.3. The van der Waals surface area contributed by atoms with Crippen LogP contribution in [0.1, 0.15) is 46.5 Å². The van der Waals surface area contributed by atoms with Gasteiger partial charge < -0.3 is 10.1 Å². The number of carbonyl (C=O) groups is 3. The molecule has 7 nitrogen and oxygen atoms in total. The third-order valence-corrected chi connectivity index (χ3v) is 4.77. The van der Waals surface area contributed by atoms with E-state index in [0.717, 1.165) is 0 Å². The van der Waals surface area contributed by atoms with E-state index in [0.29, 0.717) is 27.0 Å². The van der Waals surface area contributed by atoms with Gasteiger partial charge in [-0.3, -0.25) is 14.5 Å². The van der Waals surface area contributed by atoms with Gasteiger partial charge in [0.25, 0.3) is 5.91 Å². The molecule has 2 amide bonds. The van der Waals surface area contributed by atoms with Crippen LogP contribution in [0.2, 0.25) is 0 Å². The minimum Gasteiger partial charge on any atom is -0.465 e. The predicted octanol–water partition coefficient (Wildman–Crippen LogP) is 3.25. The van der Waals surface area contributed by atoms with Crippen LogP contribution in [0, 0.1) is 6.92 Å². The van der Waals surface area contributed by atoms with Crippen LogP contribution in [0.25, 0.3) is 0 Å². The van der Waals surface area contributed by atoms with Gasteiger partial charge in [-0.25, -0.2) is 9.78 Å². The van der Waals surface area contributed by atoms with E-state index in [1.807, 2.05) is 13.8 Å². The Balaban J connectivity index is 2.20. The van der Waals surface area contributed by atoms with E-state index >= 15 is 0 Å². The quantitative estimate of drug-likeness (QED) is 0.811. The van der Waals surface area contributed by atoms with Gasteiger partial charge in [0.2, 0.25) is 5.91 Å². The Bertz CT molecular complexity index is 827. The molecular formula is C18H21N3O4S. The number of anilines is 2. The summed E-state index contributed by atoms with van der Waals surface area (Å²) in [5.41, 5.74) is 1.50. The SMILES string of the molecule is COC(=O)c1ccc(NC(=O)c2sc(N(C(C)=O)C(C)C)nc2C)cc1. The van der Waals surface area contributed by atoms with Gasteiger partial charge in [-0.1, -0.05) is 11.3 Å². The topological polar surface area (TPSA) is 88.6 Å². The third kappa shape index (κ3) is 4.26. The Morgan fingerprint density at radius 3 is 2.31 bits per heavy atom. The molecule has 0 fully saturated rings. The molecule has 26 heavy (non-hydrogen) atoms. The van der Waals surface area contributed by atoms with E-state index in [2.05, 4.69) is 15.0 Å². The van der Waals surface area contributed by atoms with Crippen LogP contribution < -0.4 is 10.2 Å². The van der Waals surface area contributed by atoms with Crippen molar-refractivity contribution in [1.82, 2.24) is 4.98 Å². The van der Waals surface area contributed by atoms with Gasteiger partial charge in [0.15, 0.2) is 5.13 Å². The highest BCUT2D eigenvalue weighted by Crippen LogP contribution is 2.28. The van der Waals surface area contributed by atoms with Crippen molar-refractivity contribution < 1.29 is 19.1 Å². The molecule has 2 aromatic rings. The summed E-state index contributed by atoms with van der Waals surface area (Å²) in [7, 11) is 1.31. The average Bonchev–Trinajstić information content (AvgIpc) is 2.95. The number of benzene rings is 1. The summed E-state index contributed by atoms with van der Waals surface area (Å²) >= 11 is 1.17. The number of hydrogen-bond acceptors (Lipinski definition) is 6. The number of amides is 2. The lowest BCUT2D eigenvalue weighted by Gasteiger charge is -2.21. The maximum absolute atomic E-state index is 12.5. The number of ether oxygens (including phenoxy) is 1. The van der Waals surface area contributed by atoms with Gasteiger partial charge in [0.05, 0.1) is 18.4 Å². The number of carbonyl (C=O) groups excluding carboxylic acids is 3. The number of hydrogen-bond donors (Lipinski definition) is 1. The van der Waals surface area contributed by atoms with Crippen molar-refractivity contribution in [2.24, 2.45) is 0 Å². The summed E-state index contributed by atoms with van der Waals surface area (Å²) in [4.78, 5) is 42.2. The zero-order valence-corrected chi connectivity index (χ0v) is 16.1. The molecule has 138 valence electrons. The fourth-order valence-corrected chi connectivity index (χ4v) is 3.55. The summed E-state index contributed by atoms with van der Waals surface area (Å²) in [6, 6.07) is 6.33. The second kappa shape index (κ2) is 8.09. The molecule has 2 rings (SSSR count). The van der Waals surface area contributed by atoms with E-state index in [1.165, 1.54) is 25.4 Å². The molecule has 1 N–H and O–H groups in total. The molecule has 1 aromatic heterocycles. The van der Waals surface area contributed by atoms with Crippen LogP contribution in [-0.2, 0) is 9.53 Å². The minimum absolute atomic E-state index is 0.0557. The van der Waals surface area contributed by atoms with Gasteiger partial charge in [0, 0.05) is 18.7 Å². The molecular weight excluding hydrogens is 354 g/mol. The summed E-state index contributed by atoms with van der Waals surface area (Å²) in [6.45, 7) is 6.98. The van der Waals surface area contributed by atoms with E-state index in [-0.39, 0.29) is 17.9 Å². The second-order valence-electron chi connectivity index (χ2n) is 5.92. The molecule has 1 heterocycles. The summed E-state index contributed by atoms with van der Waals surface area (Å²) in [6.07, 6.45) is 0. The predicted molar refractivity (Wildman–Crippen MR) is 101 cm³/mol. The maximum Gasteiger partial charge on any atom is 0.337 e. The number of nitrogens with zero attached hydrogens (tertiary/aromatic N) is 2. The summed E-state index contributed by atoms with van der Waals surface area (Å²) < 4.78 is 4.64. The van der Waals surface area contributed by atoms with Crippen molar-refractivity contribution >= 4 is 39.9 Å². The molecule has 0 bridgehead atoms. The largest absolute Gasteiger partial charge is 0.465 e. The zero-order chi connectivity index (χ0) is 19.4. The van der Waals surface area contributed by atoms with Crippen LogP contribution in [-0.4, -0.2) is 35.9 Å². The molecule has 0 radical (unpaired) electrons. The Morgan fingerprint density at radius 1 is 1.19 bits per heavy atom. The van der Waals surface area contributed by atoms with E-state index in [4.69, 9.17) is 0 Å². The van der Waals surface area contributed by atoms with Crippen LogP contribution >= 0.6 is 11.3 Å². The van der Waals surface area contributed by atoms with E-state index in [9.17, 15) is 14.4 Å². The lowest BCUT2D eigenvalue weighted by molar-refractivity contribution is -0.116. The molecule has 0 aliphatic heterocycles. The number of thiazole rings is 1. The first-order valence-electron chi connectivity index (χ1n) is 8.01. The average molecular weight is 375 g/mol. The number of aromatic nitrogens is 1. The van der Waals surface area contributed by atoms with E-state index < -0.39 is 5.97 Å². The Labute approximate surface area is 156 Å². The molecule has 0 unspecified atom stereocenters. The highest BCUT2D eigenvalue weighted by molar-refractivity contribution is 7.17. The van der Waals surface area contributed by atoms with Gasteiger partial charge in [-0.05, 0) is 45.0 Å². The van der Waals surface area contributed by atoms with Crippen molar-refractivity contribution in [1.29, 1.82) is 0 Å². The number of rotatable bonds is 5. The number of nitrogens with one attached hydrogen (secondary N) is 1. The van der Waals surface area contributed by atoms with Crippen molar-refractivity contribution in [3.8, 4) is 0 Å². The molecule has 0 aliphatic carbocycles. The highest BCUT2D eigenvalue weighted by atomic mass is 32.1.